The van der Waals surface area contributed by atoms with E-state index >= 15 is 0 Å². The van der Waals surface area contributed by atoms with E-state index in [9.17, 15) is 4.79 Å². The van der Waals surface area contributed by atoms with Crippen molar-refractivity contribution >= 4 is 23.3 Å². The molecule has 2 aromatic heterocycles. The highest BCUT2D eigenvalue weighted by Gasteiger charge is 2.12. The van der Waals surface area contributed by atoms with Crippen molar-refractivity contribution < 1.29 is 9.21 Å². The summed E-state index contributed by atoms with van der Waals surface area (Å²) in [5, 5.41) is 3.11. The Morgan fingerprint density at radius 2 is 2.33 bits per heavy atom. The molecule has 0 radical (unpaired) electrons. The van der Waals surface area contributed by atoms with Crippen molar-refractivity contribution in [1.82, 2.24) is 10.3 Å². The third kappa shape index (κ3) is 4.47. The van der Waals surface area contributed by atoms with Crippen molar-refractivity contribution in [3.63, 3.8) is 0 Å². The lowest BCUT2D eigenvalue weighted by Gasteiger charge is -2.13. The molecule has 0 aromatic carbocycles. The minimum absolute atomic E-state index is 0.00354. The van der Waals surface area contributed by atoms with Gasteiger partial charge in [-0.15, -0.1) is 0 Å². The number of furan rings is 1. The second-order valence-corrected chi connectivity index (χ2v) is 5.09. The number of rotatable bonds is 6. The molecule has 0 bridgehead atoms. The van der Waals surface area contributed by atoms with Crippen LogP contribution in [0.15, 0.2) is 34.9 Å². The zero-order chi connectivity index (χ0) is 15.2. The molecule has 4 N–H and O–H groups in total. The zero-order valence-corrected chi connectivity index (χ0v) is 12.4. The van der Waals surface area contributed by atoms with Crippen molar-refractivity contribution in [3.8, 4) is 0 Å². The monoisotopic (exact) mass is 308 g/mol. The van der Waals surface area contributed by atoms with Crippen LogP contribution < -0.4 is 16.6 Å². The Morgan fingerprint density at radius 1 is 1.52 bits per heavy atom. The second kappa shape index (κ2) is 7.10. The predicted molar refractivity (Wildman–Crippen MR) is 81.0 cm³/mol. The predicted octanol–water partition coefficient (Wildman–Crippen LogP) is 2.36. The molecule has 0 aliphatic heterocycles. The van der Waals surface area contributed by atoms with Gasteiger partial charge in [-0.25, -0.2) is 10.8 Å². The molecule has 2 rings (SSSR count). The van der Waals surface area contributed by atoms with E-state index in [1.54, 1.807) is 12.3 Å². The van der Waals surface area contributed by atoms with Crippen LogP contribution in [-0.2, 0) is 6.42 Å². The molecule has 1 unspecified atom stereocenters. The molecule has 1 atom stereocenters. The average molecular weight is 309 g/mol. The first-order chi connectivity index (χ1) is 10.1. The number of hydrazine groups is 1. The minimum atomic E-state index is -0.220. The molecular formula is C14H17ClN4O2. The molecule has 0 aliphatic rings. The van der Waals surface area contributed by atoms with E-state index in [2.05, 4.69) is 15.7 Å². The Kier molecular flexibility index (Phi) is 5.19. The highest BCUT2D eigenvalue weighted by Crippen LogP contribution is 2.14. The van der Waals surface area contributed by atoms with Crippen LogP contribution in [0.25, 0.3) is 0 Å². The van der Waals surface area contributed by atoms with Crippen LogP contribution in [0.3, 0.4) is 0 Å². The molecule has 0 fully saturated rings. The number of halogens is 1. The van der Waals surface area contributed by atoms with Gasteiger partial charge in [0.25, 0.3) is 5.91 Å². The number of pyridine rings is 1. The fourth-order valence-corrected chi connectivity index (χ4v) is 2.10. The van der Waals surface area contributed by atoms with Crippen LogP contribution in [0.2, 0.25) is 5.15 Å². The molecule has 1 amide bonds. The first kappa shape index (κ1) is 15.3. The Balaban J connectivity index is 1.92. The van der Waals surface area contributed by atoms with Gasteiger partial charge in [0.05, 0.1) is 6.26 Å². The van der Waals surface area contributed by atoms with Gasteiger partial charge >= 0.3 is 0 Å². The summed E-state index contributed by atoms with van der Waals surface area (Å²) in [4.78, 5) is 16.1. The third-order valence-electron chi connectivity index (χ3n) is 2.99. The molecule has 0 saturated carbocycles. The smallest absolute Gasteiger partial charge is 0.251 e. The lowest BCUT2D eigenvalue weighted by Crippen LogP contribution is -2.33. The molecular weight excluding hydrogens is 292 g/mol. The number of amides is 1. The quantitative estimate of drug-likeness (QED) is 0.433. The van der Waals surface area contributed by atoms with Crippen LogP contribution in [0.1, 0.15) is 29.5 Å². The van der Waals surface area contributed by atoms with Gasteiger partial charge in [-0.2, -0.15) is 0 Å². The first-order valence-corrected chi connectivity index (χ1v) is 6.93. The normalized spacial score (nSPS) is 12.0. The Morgan fingerprint density at radius 3 is 3.00 bits per heavy atom. The van der Waals surface area contributed by atoms with E-state index in [-0.39, 0.29) is 17.1 Å². The molecule has 6 nitrogen and oxygen atoms in total. The molecule has 0 spiro atoms. The van der Waals surface area contributed by atoms with E-state index in [4.69, 9.17) is 21.9 Å². The van der Waals surface area contributed by atoms with Crippen molar-refractivity contribution in [1.29, 1.82) is 0 Å². The highest BCUT2D eigenvalue weighted by molar-refractivity contribution is 6.29. The summed E-state index contributed by atoms with van der Waals surface area (Å²) >= 11 is 5.84. The molecule has 2 heterocycles. The van der Waals surface area contributed by atoms with Gasteiger partial charge in [0, 0.05) is 18.0 Å². The fraction of sp³-hybridized carbons (Fsp3) is 0.286. The van der Waals surface area contributed by atoms with E-state index in [0.29, 0.717) is 11.4 Å². The summed E-state index contributed by atoms with van der Waals surface area (Å²) in [6.07, 6.45) is 3.18. The van der Waals surface area contributed by atoms with Crippen molar-refractivity contribution in [2.75, 3.05) is 5.43 Å². The van der Waals surface area contributed by atoms with E-state index in [0.717, 1.165) is 18.6 Å². The fourth-order valence-electron chi connectivity index (χ4n) is 1.89. The second-order valence-electron chi connectivity index (χ2n) is 4.70. The van der Waals surface area contributed by atoms with Gasteiger partial charge in [0.2, 0.25) is 0 Å². The van der Waals surface area contributed by atoms with Gasteiger partial charge in [-0.3, -0.25) is 4.79 Å². The number of anilines is 1. The van der Waals surface area contributed by atoms with E-state index in [1.165, 1.54) is 6.07 Å². The van der Waals surface area contributed by atoms with Crippen LogP contribution in [0, 0.1) is 0 Å². The van der Waals surface area contributed by atoms with Gasteiger partial charge < -0.3 is 15.2 Å². The molecule has 7 heteroatoms. The summed E-state index contributed by atoms with van der Waals surface area (Å²) in [6, 6.07) is 6.80. The molecule has 21 heavy (non-hydrogen) atoms. The maximum atomic E-state index is 12.1. The highest BCUT2D eigenvalue weighted by atomic mass is 35.5. The summed E-state index contributed by atoms with van der Waals surface area (Å²) < 4.78 is 5.26. The summed E-state index contributed by atoms with van der Waals surface area (Å²) in [5.41, 5.74) is 2.78. The lowest BCUT2D eigenvalue weighted by atomic mass is 10.1. The van der Waals surface area contributed by atoms with Crippen molar-refractivity contribution in [2.45, 2.75) is 25.8 Å². The minimum Gasteiger partial charge on any atom is -0.469 e. The van der Waals surface area contributed by atoms with Gasteiger partial charge in [0.1, 0.15) is 16.7 Å². The van der Waals surface area contributed by atoms with Gasteiger partial charge in [-0.1, -0.05) is 11.6 Å². The van der Waals surface area contributed by atoms with Crippen LogP contribution in [0.5, 0.6) is 0 Å². The van der Waals surface area contributed by atoms with Crippen LogP contribution in [0.4, 0.5) is 5.82 Å². The van der Waals surface area contributed by atoms with Crippen LogP contribution in [-0.4, -0.2) is 16.9 Å². The van der Waals surface area contributed by atoms with Crippen molar-refractivity contribution in [2.24, 2.45) is 5.84 Å². The van der Waals surface area contributed by atoms with Crippen molar-refractivity contribution in [3.05, 3.63) is 47.0 Å². The van der Waals surface area contributed by atoms with E-state index < -0.39 is 0 Å². The summed E-state index contributed by atoms with van der Waals surface area (Å²) in [7, 11) is 0. The largest absolute Gasteiger partial charge is 0.469 e. The molecule has 0 aliphatic carbocycles. The van der Waals surface area contributed by atoms with Gasteiger partial charge in [0.15, 0.2) is 0 Å². The number of nitrogens with one attached hydrogen (secondary N) is 2. The number of carbonyl (C=O) groups excluding carboxylic acids is 1. The number of hydrogen-bond donors (Lipinski definition) is 3. The Bertz CT molecular complexity index is 601. The summed E-state index contributed by atoms with van der Waals surface area (Å²) in [6.45, 7) is 1.94. The number of nitrogens with two attached hydrogens (primary N) is 1. The standard InChI is InChI=1S/C14H17ClN4O2/c1-9(4-5-11-3-2-6-21-11)17-14(20)10-7-12(15)18-13(8-10)19-16/h2-3,6-9H,4-5,16H2,1H3,(H,17,20)(H,18,19). The molecule has 112 valence electrons. The van der Waals surface area contributed by atoms with Crippen LogP contribution >= 0.6 is 11.6 Å². The Hall–Kier alpha value is -2.05. The topological polar surface area (TPSA) is 93.2 Å². The summed E-state index contributed by atoms with van der Waals surface area (Å²) in [5.74, 6) is 6.30. The van der Waals surface area contributed by atoms with Gasteiger partial charge in [-0.05, 0) is 37.6 Å². The number of hydrogen-bond acceptors (Lipinski definition) is 5. The zero-order valence-electron chi connectivity index (χ0n) is 11.6. The Labute approximate surface area is 127 Å². The lowest BCUT2D eigenvalue weighted by molar-refractivity contribution is 0.0938. The third-order valence-corrected chi connectivity index (χ3v) is 3.18. The molecule has 2 aromatic rings. The number of aryl methyl sites for hydroxylation is 1. The number of carbonyl (C=O) groups is 1. The number of nitrogen functional groups attached to an aromatic ring is 1. The van der Waals surface area contributed by atoms with E-state index in [1.807, 2.05) is 19.1 Å². The number of nitrogens with zero attached hydrogens (tertiary/aromatic N) is 1. The SMILES string of the molecule is CC(CCc1ccco1)NC(=O)c1cc(Cl)nc(NN)c1. The maximum Gasteiger partial charge on any atom is 0.251 e. The number of aromatic nitrogens is 1. The first-order valence-electron chi connectivity index (χ1n) is 6.56. The average Bonchev–Trinajstić information content (AvgIpc) is 2.97. The maximum absolute atomic E-state index is 12.1. The molecule has 0 saturated heterocycles.